The van der Waals surface area contributed by atoms with Gasteiger partial charge in [-0.1, -0.05) is 0 Å². The molecule has 0 radical (unpaired) electrons. The zero-order valence-electron chi connectivity index (χ0n) is 9.62. The van der Waals surface area contributed by atoms with E-state index in [-0.39, 0.29) is 0 Å². The Kier molecular flexibility index (Phi) is 3.10. The molecule has 1 N–H and O–H groups in total. The van der Waals surface area contributed by atoms with Crippen molar-refractivity contribution < 1.29 is 9.53 Å². The van der Waals surface area contributed by atoms with Gasteiger partial charge in [-0.05, 0) is 36.7 Å². The van der Waals surface area contributed by atoms with Gasteiger partial charge in [0.15, 0.2) is 0 Å². The normalized spacial score (nSPS) is 15.4. The fraction of sp³-hybridized carbons (Fsp3) is 0.417. The first-order valence-electron chi connectivity index (χ1n) is 5.33. The van der Waals surface area contributed by atoms with Crippen LogP contribution in [0.2, 0.25) is 0 Å². The van der Waals surface area contributed by atoms with E-state index in [4.69, 9.17) is 4.74 Å². The van der Waals surface area contributed by atoms with Crippen LogP contribution in [0.1, 0.15) is 11.1 Å². The van der Waals surface area contributed by atoms with Crippen LogP contribution in [0.3, 0.4) is 0 Å². The molecule has 1 heterocycles. The molecule has 1 aromatic rings. The number of likely N-dealkylation sites (N-methyl/N-ethyl adjacent to an activating group) is 1. The monoisotopic (exact) mass is 220 g/mol. The van der Waals surface area contributed by atoms with Crippen LogP contribution in [0.25, 0.3) is 0 Å². The summed E-state index contributed by atoms with van der Waals surface area (Å²) in [6.07, 6.45) is 1.71. The standard InChI is InChI=1S/C12H16N2O2/c1-14-4-3-9-6-12(16-2)11(13-8-15)5-10(9)7-14/h5-6,8H,3-4,7H2,1-2H3,(H,13,15). The van der Waals surface area contributed by atoms with Gasteiger partial charge in [0.1, 0.15) is 5.75 Å². The highest BCUT2D eigenvalue weighted by atomic mass is 16.5. The van der Waals surface area contributed by atoms with E-state index in [1.54, 1.807) is 7.11 Å². The summed E-state index contributed by atoms with van der Waals surface area (Å²) >= 11 is 0. The summed E-state index contributed by atoms with van der Waals surface area (Å²) in [5.74, 6) is 0.732. The summed E-state index contributed by atoms with van der Waals surface area (Å²) in [7, 11) is 3.71. The van der Waals surface area contributed by atoms with Crippen LogP contribution < -0.4 is 10.1 Å². The quantitative estimate of drug-likeness (QED) is 0.779. The van der Waals surface area contributed by atoms with Crippen molar-refractivity contribution in [2.24, 2.45) is 0 Å². The first-order valence-corrected chi connectivity index (χ1v) is 5.33. The number of hydrogen-bond donors (Lipinski definition) is 1. The highest BCUT2D eigenvalue weighted by Crippen LogP contribution is 2.30. The van der Waals surface area contributed by atoms with E-state index in [1.165, 1.54) is 11.1 Å². The summed E-state index contributed by atoms with van der Waals surface area (Å²) in [5.41, 5.74) is 3.32. The minimum Gasteiger partial charge on any atom is -0.495 e. The summed E-state index contributed by atoms with van der Waals surface area (Å²) in [5, 5.41) is 2.67. The maximum Gasteiger partial charge on any atom is 0.211 e. The van der Waals surface area contributed by atoms with Crippen LogP contribution in [0, 0.1) is 0 Å². The number of hydrogen-bond acceptors (Lipinski definition) is 3. The van der Waals surface area contributed by atoms with E-state index in [0.717, 1.165) is 30.9 Å². The molecule has 2 rings (SSSR count). The van der Waals surface area contributed by atoms with E-state index in [2.05, 4.69) is 17.3 Å². The molecule has 4 nitrogen and oxygen atoms in total. The first-order chi connectivity index (χ1) is 7.74. The van der Waals surface area contributed by atoms with Gasteiger partial charge in [0.25, 0.3) is 0 Å². The average Bonchev–Trinajstić information content (AvgIpc) is 2.28. The number of carbonyl (C=O) groups is 1. The van der Waals surface area contributed by atoms with Crippen molar-refractivity contribution in [1.29, 1.82) is 0 Å². The van der Waals surface area contributed by atoms with Gasteiger partial charge in [-0.15, -0.1) is 0 Å². The Labute approximate surface area is 95.2 Å². The lowest BCUT2D eigenvalue weighted by Gasteiger charge is -2.26. The van der Waals surface area contributed by atoms with E-state index in [0.29, 0.717) is 6.41 Å². The second-order valence-corrected chi connectivity index (χ2v) is 4.07. The smallest absolute Gasteiger partial charge is 0.211 e. The number of amides is 1. The molecule has 0 spiro atoms. The summed E-state index contributed by atoms with van der Waals surface area (Å²) in [4.78, 5) is 12.8. The molecule has 16 heavy (non-hydrogen) atoms. The Morgan fingerprint density at radius 1 is 1.44 bits per heavy atom. The minimum atomic E-state index is 0.677. The van der Waals surface area contributed by atoms with Crippen molar-refractivity contribution in [2.45, 2.75) is 13.0 Å². The molecule has 4 heteroatoms. The molecule has 0 unspecified atom stereocenters. The maximum absolute atomic E-state index is 10.5. The van der Waals surface area contributed by atoms with Crippen LogP contribution >= 0.6 is 0 Å². The Balaban J connectivity index is 2.39. The predicted molar refractivity (Wildman–Crippen MR) is 62.7 cm³/mol. The largest absolute Gasteiger partial charge is 0.495 e. The molecule has 0 bridgehead atoms. The van der Waals surface area contributed by atoms with E-state index in [9.17, 15) is 4.79 Å². The molecule has 1 aliphatic rings. The fourth-order valence-corrected chi connectivity index (χ4v) is 2.07. The third kappa shape index (κ3) is 2.02. The number of benzene rings is 1. The van der Waals surface area contributed by atoms with Gasteiger partial charge < -0.3 is 15.0 Å². The molecule has 0 atom stereocenters. The van der Waals surface area contributed by atoms with Crippen LogP contribution in [0.5, 0.6) is 5.75 Å². The molecule has 0 saturated carbocycles. The van der Waals surface area contributed by atoms with Crippen molar-refractivity contribution in [3.8, 4) is 5.75 Å². The molecule has 0 aliphatic carbocycles. The number of fused-ring (bicyclic) bond motifs is 1. The number of rotatable bonds is 3. The van der Waals surface area contributed by atoms with Gasteiger partial charge >= 0.3 is 0 Å². The van der Waals surface area contributed by atoms with Crippen LogP contribution in [0.15, 0.2) is 12.1 Å². The average molecular weight is 220 g/mol. The molecule has 0 saturated heterocycles. The molecular formula is C12H16N2O2. The molecule has 0 aromatic heterocycles. The van der Waals surface area contributed by atoms with Crippen molar-refractivity contribution in [3.63, 3.8) is 0 Å². The second kappa shape index (κ2) is 4.53. The zero-order chi connectivity index (χ0) is 11.5. The highest BCUT2D eigenvalue weighted by molar-refractivity contribution is 5.76. The first kappa shape index (κ1) is 11.0. The van der Waals surface area contributed by atoms with Crippen molar-refractivity contribution >= 4 is 12.1 Å². The number of nitrogens with one attached hydrogen (secondary N) is 1. The van der Waals surface area contributed by atoms with Gasteiger partial charge in [-0.25, -0.2) is 0 Å². The molecular weight excluding hydrogens is 204 g/mol. The number of anilines is 1. The third-order valence-corrected chi connectivity index (χ3v) is 2.94. The Morgan fingerprint density at radius 2 is 2.25 bits per heavy atom. The van der Waals surface area contributed by atoms with Gasteiger partial charge in [-0.3, -0.25) is 4.79 Å². The Bertz CT molecular complexity index is 404. The summed E-state index contributed by atoms with van der Waals surface area (Å²) in [6.45, 7) is 1.99. The lowest BCUT2D eigenvalue weighted by atomic mass is 9.99. The predicted octanol–water partition coefficient (Wildman–Crippen LogP) is 1.25. The summed E-state index contributed by atoms with van der Waals surface area (Å²) < 4.78 is 5.26. The lowest BCUT2D eigenvalue weighted by Crippen LogP contribution is -2.26. The third-order valence-electron chi connectivity index (χ3n) is 2.94. The van der Waals surface area contributed by atoms with Gasteiger partial charge in [0.05, 0.1) is 12.8 Å². The van der Waals surface area contributed by atoms with Crippen LogP contribution in [-0.4, -0.2) is 32.0 Å². The minimum absolute atomic E-state index is 0.677. The van der Waals surface area contributed by atoms with Crippen molar-refractivity contribution in [1.82, 2.24) is 4.90 Å². The van der Waals surface area contributed by atoms with Crippen LogP contribution in [0.4, 0.5) is 5.69 Å². The Hall–Kier alpha value is -1.55. The Morgan fingerprint density at radius 3 is 2.94 bits per heavy atom. The van der Waals surface area contributed by atoms with Gasteiger partial charge in [-0.2, -0.15) is 0 Å². The molecule has 1 aliphatic heterocycles. The highest BCUT2D eigenvalue weighted by Gasteiger charge is 2.16. The summed E-state index contributed by atoms with van der Waals surface area (Å²) in [6, 6.07) is 4.02. The molecule has 1 aromatic carbocycles. The SMILES string of the molecule is COc1cc2c(cc1NC=O)CN(C)CC2. The lowest BCUT2D eigenvalue weighted by molar-refractivity contribution is -0.105. The van der Waals surface area contributed by atoms with Crippen molar-refractivity contribution in [2.75, 3.05) is 26.0 Å². The van der Waals surface area contributed by atoms with E-state index in [1.807, 2.05) is 12.1 Å². The van der Waals surface area contributed by atoms with Gasteiger partial charge in [0, 0.05) is 13.1 Å². The topological polar surface area (TPSA) is 41.6 Å². The number of nitrogens with zero attached hydrogens (tertiary/aromatic N) is 1. The van der Waals surface area contributed by atoms with Crippen molar-refractivity contribution in [3.05, 3.63) is 23.3 Å². The zero-order valence-corrected chi connectivity index (χ0v) is 9.62. The van der Waals surface area contributed by atoms with E-state index < -0.39 is 0 Å². The maximum atomic E-state index is 10.5. The molecule has 0 fully saturated rings. The molecule has 1 amide bonds. The van der Waals surface area contributed by atoms with E-state index >= 15 is 0 Å². The number of ether oxygens (including phenoxy) is 1. The van der Waals surface area contributed by atoms with Gasteiger partial charge in [0.2, 0.25) is 6.41 Å². The fourth-order valence-electron chi connectivity index (χ4n) is 2.07. The van der Waals surface area contributed by atoms with Crippen LogP contribution in [-0.2, 0) is 17.8 Å². The number of methoxy groups -OCH3 is 1. The molecule has 86 valence electrons. The second-order valence-electron chi connectivity index (χ2n) is 4.07. The number of carbonyl (C=O) groups excluding carboxylic acids is 1.